The lowest BCUT2D eigenvalue weighted by molar-refractivity contribution is -0.385. The van der Waals surface area contributed by atoms with Gasteiger partial charge in [0, 0.05) is 16.8 Å². The fraction of sp³-hybridized carbons (Fsp3) is 0.278. The van der Waals surface area contributed by atoms with Gasteiger partial charge in [-0.2, -0.15) is 10.2 Å². The van der Waals surface area contributed by atoms with Gasteiger partial charge in [-0.05, 0) is 38.5 Å². The number of benzene rings is 1. The highest BCUT2D eigenvalue weighted by Gasteiger charge is 2.32. The van der Waals surface area contributed by atoms with Crippen LogP contribution >= 0.6 is 11.6 Å². The smallest absolute Gasteiger partial charge is 0.307 e. The summed E-state index contributed by atoms with van der Waals surface area (Å²) in [6.07, 6.45) is 2.34. The molecule has 1 aromatic carbocycles. The molecule has 0 radical (unpaired) electrons. The Balaban J connectivity index is 1.74. The molecule has 28 heavy (non-hydrogen) atoms. The molecule has 3 rings (SSSR count). The van der Waals surface area contributed by atoms with Crippen LogP contribution in [0.3, 0.4) is 0 Å². The first-order valence-corrected chi connectivity index (χ1v) is 8.84. The Hall–Kier alpha value is -3.20. The van der Waals surface area contributed by atoms with Crippen LogP contribution in [0.5, 0.6) is 0 Å². The summed E-state index contributed by atoms with van der Waals surface area (Å²) < 4.78 is 3.03. The first-order valence-electron chi connectivity index (χ1n) is 8.46. The molecule has 0 unspecified atom stereocenters. The Labute approximate surface area is 166 Å². The Morgan fingerprint density at radius 1 is 1.32 bits per heavy atom. The van der Waals surface area contributed by atoms with Crippen molar-refractivity contribution >= 4 is 29.0 Å². The van der Waals surface area contributed by atoms with E-state index in [1.54, 1.807) is 24.6 Å². The van der Waals surface area contributed by atoms with Gasteiger partial charge in [-0.15, -0.1) is 0 Å². The van der Waals surface area contributed by atoms with Crippen molar-refractivity contribution in [3.63, 3.8) is 0 Å². The van der Waals surface area contributed by atoms with Crippen LogP contribution in [-0.2, 0) is 16.9 Å². The normalized spacial score (nSPS) is 11.4. The second kappa shape index (κ2) is 7.43. The molecule has 2 heterocycles. The fourth-order valence-corrected chi connectivity index (χ4v) is 2.71. The Bertz CT molecular complexity index is 1020. The van der Waals surface area contributed by atoms with Crippen molar-refractivity contribution in [3.05, 3.63) is 69.1 Å². The van der Waals surface area contributed by atoms with Gasteiger partial charge in [0.15, 0.2) is 5.82 Å². The minimum absolute atomic E-state index is 0.177. The minimum Gasteiger partial charge on any atom is -0.307 e. The highest BCUT2D eigenvalue weighted by atomic mass is 35.5. The number of hydrogen-bond acceptors (Lipinski definition) is 5. The maximum atomic E-state index is 12.7. The number of rotatable bonds is 6. The van der Waals surface area contributed by atoms with Crippen LogP contribution in [0.4, 0.5) is 11.5 Å². The summed E-state index contributed by atoms with van der Waals surface area (Å²) in [5.41, 5.74) is 0.585. The average molecular weight is 403 g/mol. The van der Waals surface area contributed by atoms with Gasteiger partial charge in [-0.25, -0.2) is 0 Å². The minimum atomic E-state index is -1.14. The average Bonchev–Trinajstić information content (AvgIpc) is 3.25. The van der Waals surface area contributed by atoms with Gasteiger partial charge in [0.2, 0.25) is 0 Å². The Morgan fingerprint density at radius 2 is 2.00 bits per heavy atom. The molecule has 0 bridgehead atoms. The lowest BCUT2D eigenvalue weighted by Crippen LogP contribution is -2.40. The molecular formula is C18H19ClN6O3. The van der Waals surface area contributed by atoms with Gasteiger partial charge >= 0.3 is 5.69 Å². The maximum absolute atomic E-state index is 12.7. The van der Waals surface area contributed by atoms with Crippen molar-refractivity contribution in [1.82, 2.24) is 19.6 Å². The third-order valence-corrected chi connectivity index (χ3v) is 4.63. The van der Waals surface area contributed by atoms with Crippen LogP contribution in [0.15, 0.2) is 42.7 Å². The van der Waals surface area contributed by atoms with E-state index in [0.29, 0.717) is 17.4 Å². The molecule has 0 atom stereocenters. The first-order chi connectivity index (χ1) is 13.2. The van der Waals surface area contributed by atoms with E-state index >= 15 is 0 Å². The zero-order chi connectivity index (χ0) is 20.5. The molecule has 0 spiro atoms. The molecule has 0 aliphatic rings. The molecule has 0 fully saturated rings. The summed E-state index contributed by atoms with van der Waals surface area (Å²) >= 11 is 5.91. The number of nitro groups is 1. The summed E-state index contributed by atoms with van der Waals surface area (Å²) in [5, 5.41) is 22.6. The van der Waals surface area contributed by atoms with Crippen LogP contribution in [0.25, 0.3) is 0 Å². The molecule has 0 saturated heterocycles. The van der Waals surface area contributed by atoms with Gasteiger partial charge in [0.1, 0.15) is 17.9 Å². The van der Waals surface area contributed by atoms with Crippen LogP contribution in [0.1, 0.15) is 25.1 Å². The number of carbonyl (C=O) groups excluding carboxylic acids is 1. The van der Waals surface area contributed by atoms with Crippen molar-refractivity contribution in [2.45, 2.75) is 32.9 Å². The van der Waals surface area contributed by atoms with E-state index in [9.17, 15) is 14.9 Å². The zero-order valence-corrected chi connectivity index (χ0v) is 16.3. The van der Waals surface area contributed by atoms with E-state index in [0.717, 1.165) is 17.5 Å². The number of nitrogens with one attached hydrogen (secondary N) is 1. The van der Waals surface area contributed by atoms with E-state index in [4.69, 9.17) is 11.6 Å². The lowest BCUT2D eigenvalue weighted by Gasteiger charge is -2.23. The molecule has 0 aliphatic carbocycles. The van der Waals surface area contributed by atoms with Gasteiger partial charge in [0.25, 0.3) is 5.91 Å². The fourth-order valence-electron chi connectivity index (χ4n) is 2.58. The first kappa shape index (κ1) is 19.6. The molecule has 1 amide bonds. The van der Waals surface area contributed by atoms with E-state index < -0.39 is 10.5 Å². The van der Waals surface area contributed by atoms with Crippen molar-refractivity contribution in [1.29, 1.82) is 0 Å². The van der Waals surface area contributed by atoms with E-state index in [2.05, 4.69) is 15.5 Å². The molecular weight excluding hydrogens is 384 g/mol. The van der Waals surface area contributed by atoms with E-state index in [-0.39, 0.29) is 11.6 Å². The number of aromatic nitrogens is 4. The van der Waals surface area contributed by atoms with Crippen molar-refractivity contribution in [2.75, 3.05) is 5.32 Å². The van der Waals surface area contributed by atoms with Crippen LogP contribution in [-0.4, -0.2) is 30.4 Å². The second-order valence-corrected chi connectivity index (χ2v) is 7.30. The number of hydrogen-bond donors (Lipinski definition) is 1. The molecule has 9 nitrogen and oxygen atoms in total. The number of amides is 1. The summed E-state index contributed by atoms with van der Waals surface area (Å²) in [4.78, 5) is 23.0. The van der Waals surface area contributed by atoms with Crippen molar-refractivity contribution in [3.8, 4) is 0 Å². The number of aryl methyl sites for hydroxylation is 1. The number of carbonyl (C=O) groups is 1. The standard InChI is InChI=1S/C18H19ClN6O3/c1-12-8-16(22-23(12)10-13-4-6-14(19)7-5-13)21-17(26)18(2,3)24-11-15(9-20-24)25(27)28/h4-9,11H,10H2,1-3H3,(H,21,22,26). The topological polar surface area (TPSA) is 108 Å². The largest absolute Gasteiger partial charge is 0.307 e. The predicted molar refractivity (Wildman–Crippen MR) is 104 cm³/mol. The predicted octanol–water partition coefficient (Wildman–Crippen LogP) is 3.37. The highest BCUT2D eigenvalue weighted by Crippen LogP contribution is 2.21. The van der Waals surface area contributed by atoms with E-state index in [1.807, 2.05) is 31.2 Å². The molecule has 0 saturated carbocycles. The van der Waals surface area contributed by atoms with Gasteiger partial charge in [-0.1, -0.05) is 23.7 Å². The number of anilines is 1. The van der Waals surface area contributed by atoms with Gasteiger partial charge in [0.05, 0.1) is 11.5 Å². The van der Waals surface area contributed by atoms with Crippen LogP contribution in [0, 0.1) is 17.0 Å². The number of halogens is 1. The summed E-state index contributed by atoms with van der Waals surface area (Å²) in [6, 6.07) is 9.20. The summed E-state index contributed by atoms with van der Waals surface area (Å²) in [6.45, 7) is 5.67. The van der Waals surface area contributed by atoms with Crippen molar-refractivity contribution < 1.29 is 9.72 Å². The van der Waals surface area contributed by atoms with Gasteiger partial charge in [-0.3, -0.25) is 24.3 Å². The summed E-state index contributed by atoms with van der Waals surface area (Å²) in [7, 11) is 0. The monoisotopic (exact) mass is 402 g/mol. The summed E-state index contributed by atoms with van der Waals surface area (Å²) in [5.74, 6) is 0.00725. The molecule has 2 aromatic heterocycles. The van der Waals surface area contributed by atoms with E-state index in [1.165, 1.54) is 10.9 Å². The third kappa shape index (κ3) is 4.04. The molecule has 146 valence electrons. The Morgan fingerprint density at radius 3 is 2.61 bits per heavy atom. The van der Waals surface area contributed by atoms with Crippen LogP contribution < -0.4 is 5.32 Å². The molecule has 3 aromatic rings. The second-order valence-electron chi connectivity index (χ2n) is 6.87. The van der Waals surface area contributed by atoms with Gasteiger partial charge < -0.3 is 5.32 Å². The Kier molecular flexibility index (Phi) is 5.19. The maximum Gasteiger partial charge on any atom is 0.307 e. The SMILES string of the molecule is Cc1cc(NC(=O)C(C)(C)n2cc([N+](=O)[O-])cn2)nn1Cc1ccc(Cl)cc1. The number of nitrogens with zero attached hydrogens (tertiary/aromatic N) is 5. The highest BCUT2D eigenvalue weighted by molar-refractivity contribution is 6.30. The van der Waals surface area contributed by atoms with Crippen LogP contribution in [0.2, 0.25) is 5.02 Å². The molecule has 10 heteroatoms. The molecule has 0 aliphatic heterocycles. The van der Waals surface area contributed by atoms with Crippen molar-refractivity contribution in [2.24, 2.45) is 0 Å². The molecule has 1 N–H and O–H groups in total. The quantitative estimate of drug-likeness (QED) is 0.502. The zero-order valence-electron chi connectivity index (χ0n) is 15.6. The third-order valence-electron chi connectivity index (χ3n) is 4.38. The lowest BCUT2D eigenvalue weighted by atomic mass is 10.1.